The predicted molar refractivity (Wildman–Crippen MR) is 114 cm³/mol. The standard InChI is InChI=1S/C23H27N3O4/c27-21(12-7-13-24-23(29)30-17-18-8-2-1-3-9-18)25-20-11-6-10-19(16-20)22(28)26-14-4-5-15-26/h1-3,6,8-11,16H,4-5,7,12-15,17H2,(H,24,29)(H,25,27). The van der Waals surface area contributed by atoms with Crippen LogP contribution in [0.1, 0.15) is 41.6 Å². The second-order valence-electron chi connectivity index (χ2n) is 7.22. The number of rotatable bonds is 8. The zero-order valence-electron chi connectivity index (χ0n) is 16.9. The van der Waals surface area contributed by atoms with Gasteiger partial charge in [0.25, 0.3) is 5.91 Å². The van der Waals surface area contributed by atoms with Crippen molar-refractivity contribution in [3.8, 4) is 0 Å². The third-order valence-electron chi connectivity index (χ3n) is 4.85. The summed E-state index contributed by atoms with van der Waals surface area (Å²) in [6.45, 7) is 2.13. The Balaban J connectivity index is 1.35. The Morgan fingerprint density at radius 1 is 0.967 bits per heavy atom. The van der Waals surface area contributed by atoms with Crippen molar-refractivity contribution in [3.63, 3.8) is 0 Å². The summed E-state index contributed by atoms with van der Waals surface area (Å²) in [4.78, 5) is 38.1. The van der Waals surface area contributed by atoms with E-state index < -0.39 is 6.09 Å². The van der Waals surface area contributed by atoms with Crippen LogP contribution in [0.5, 0.6) is 0 Å². The summed E-state index contributed by atoms with van der Waals surface area (Å²) in [6.07, 6.45) is 2.31. The molecule has 30 heavy (non-hydrogen) atoms. The molecular weight excluding hydrogens is 382 g/mol. The maximum atomic E-state index is 12.5. The van der Waals surface area contributed by atoms with Gasteiger partial charge in [-0.15, -0.1) is 0 Å². The fraction of sp³-hybridized carbons (Fsp3) is 0.348. The average molecular weight is 409 g/mol. The molecule has 3 amide bonds. The van der Waals surface area contributed by atoms with Gasteiger partial charge in [0, 0.05) is 37.3 Å². The molecule has 1 aliphatic heterocycles. The summed E-state index contributed by atoms with van der Waals surface area (Å²) in [6, 6.07) is 16.4. The highest BCUT2D eigenvalue weighted by Crippen LogP contribution is 2.16. The van der Waals surface area contributed by atoms with Gasteiger partial charge in [0.15, 0.2) is 0 Å². The second kappa shape index (κ2) is 11.0. The van der Waals surface area contributed by atoms with E-state index in [4.69, 9.17) is 4.74 Å². The van der Waals surface area contributed by atoms with E-state index in [9.17, 15) is 14.4 Å². The number of anilines is 1. The summed E-state index contributed by atoms with van der Waals surface area (Å²) < 4.78 is 5.12. The number of amides is 3. The van der Waals surface area contributed by atoms with Crippen molar-refractivity contribution in [1.82, 2.24) is 10.2 Å². The number of hydrogen-bond donors (Lipinski definition) is 2. The van der Waals surface area contributed by atoms with Gasteiger partial charge in [0.2, 0.25) is 5.91 Å². The molecule has 7 nitrogen and oxygen atoms in total. The molecule has 2 aromatic carbocycles. The maximum Gasteiger partial charge on any atom is 0.407 e. The molecule has 2 N–H and O–H groups in total. The third kappa shape index (κ3) is 6.62. The van der Waals surface area contributed by atoms with Gasteiger partial charge >= 0.3 is 6.09 Å². The summed E-state index contributed by atoms with van der Waals surface area (Å²) in [5, 5.41) is 5.45. The second-order valence-corrected chi connectivity index (χ2v) is 7.22. The van der Waals surface area contributed by atoms with Crippen molar-refractivity contribution in [2.45, 2.75) is 32.3 Å². The van der Waals surface area contributed by atoms with Crippen molar-refractivity contribution in [2.75, 3.05) is 25.0 Å². The van der Waals surface area contributed by atoms with Crippen molar-refractivity contribution in [2.24, 2.45) is 0 Å². The van der Waals surface area contributed by atoms with Gasteiger partial charge < -0.3 is 20.3 Å². The lowest BCUT2D eigenvalue weighted by molar-refractivity contribution is -0.116. The van der Waals surface area contributed by atoms with Crippen LogP contribution in [0.3, 0.4) is 0 Å². The lowest BCUT2D eigenvalue weighted by Gasteiger charge is -2.15. The molecule has 0 atom stereocenters. The minimum Gasteiger partial charge on any atom is -0.445 e. The zero-order valence-corrected chi connectivity index (χ0v) is 16.9. The van der Waals surface area contributed by atoms with Gasteiger partial charge in [0.05, 0.1) is 0 Å². The Morgan fingerprint density at radius 2 is 1.73 bits per heavy atom. The Labute approximate surface area is 176 Å². The van der Waals surface area contributed by atoms with E-state index in [-0.39, 0.29) is 24.8 Å². The highest BCUT2D eigenvalue weighted by atomic mass is 16.5. The molecule has 1 aliphatic rings. The fourth-order valence-corrected chi connectivity index (χ4v) is 3.27. The quantitative estimate of drug-likeness (QED) is 0.653. The lowest BCUT2D eigenvalue weighted by Crippen LogP contribution is -2.27. The van der Waals surface area contributed by atoms with Crippen LogP contribution >= 0.6 is 0 Å². The van der Waals surface area contributed by atoms with Gasteiger partial charge in [-0.2, -0.15) is 0 Å². The Bertz CT molecular complexity index is 864. The number of ether oxygens (including phenoxy) is 1. The molecule has 7 heteroatoms. The zero-order chi connectivity index (χ0) is 21.2. The number of carbonyl (C=O) groups excluding carboxylic acids is 3. The molecule has 158 valence electrons. The molecule has 3 rings (SSSR count). The van der Waals surface area contributed by atoms with Gasteiger partial charge in [-0.1, -0.05) is 36.4 Å². The van der Waals surface area contributed by atoms with E-state index in [1.807, 2.05) is 35.2 Å². The minimum absolute atomic E-state index is 0.00168. The van der Waals surface area contributed by atoms with Crippen molar-refractivity contribution in [1.29, 1.82) is 0 Å². The summed E-state index contributed by atoms with van der Waals surface area (Å²) >= 11 is 0. The van der Waals surface area contributed by atoms with Crippen molar-refractivity contribution >= 4 is 23.6 Å². The van der Waals surface area contributed by atoms with E-state index in [0.717, 1.165) is 31.5 Å². The van der Waals surface area contributed by atoms with Crippen LogP contribution in [0.15, 0.2) is 54.6 Å². The van der Waals surface area contributed by atoms with Crippen LogP contribution in [0.2, 0.25) is 0 Å². The normalized spacial score (nSPS) is 13.0. The topological polar surface area (TPSA) is 87.7 Å². The number of carbonyl (C=O) groups is 3. The predicted octanol–water partition coefficient (Wildman–Crippen LogP) is 3.57. The van der Waals surface area contributed by atoms with E-state index in [1.54, 1.807) is 24.3 Å². The SMILES string of the molecule is O=C(CCCNC(=O)OCc1ccccc1)Nc1cccc(C(=O)N2CCCC2)c1. The first-order valence-corrected chi connectivity index (χ1v) is 10.3. The van der Waals surface area contributed by atoms with Gasteiger partial charge in [-0.05, 0) is 43.0 Å². The van der Waals surface area contributed by atoms with Crippen LogP contribution in [-0.4, -0.2) is 42.4 Å². The van der Waals surface area contributed by atoms with Crippen LogP contribution in [0.25, 0.3) is 0 Å². The Hall–Kier alpha value is -3.35. The molecule has 0 spiro atoms. The first-order chi connectivity index (χ1) is 14.6. The molecule has 0 saturated carbocycles. The van der Waals surface area contributed by atoms with Gasteiger partial charge in [-0.25, -0.2) is 4.79 Å². The van der Waals surface area contributed by atoms with Crippen LogP contribution in [-0.2, 0) is 16.1 Å². The van der Waals surface area contributed by atoms with E-state index in [1.165, 1.54) is 0 Å². The van der Waals surface area contributed by atoms with E-state index >= 15 is 0 Å². The van der Waals surface area contributed by atoms with Crippen LogP contribution in [0, 0.1) is 0 Å². The molecule has 1 saturated heterocycles. The summed E-state index contributed by atoms with van der Waals surface area (Å²) in [5.74, 6) is -0.165. The Kier molecular flexibility index (Phi) is 7.83. The highest BCUT2D eigenvalue weighted by molar-refractivity contribution is 5.97. The van der Waals surface area contributed by atoms with E-state index in [2.05, 4.69) is 10.6 Å². The van der Waals surface area contributed by atoms with Gasteiger partial charge in [0.1, 0.15) is 6.61 Å². The minimum atomic E-state index is -0.507. The number of alkyl carbamates (subject to hydrolysis) is 1. The molecule has 1 heterocycles. The first kappa shape index (κ1) is 21.4. The van der Waals surface area contributed by atoms with Crippen LogP contribution < -0.4 is 10.6 Å². The summed E-state index contributed by atoms with van der Waals surface area (Å²) in [5.41, 5.74) is 2.09. The Morgan fingerprint density at radius 3 is 2.50 bits per heavy atom. The molecule has 0 unspecified atom stereocenters. The molecule has 0 aliphatic carbocycles. The number of benzene rings is 2. The number of nitrogens with zero attached hydrogens (tertiary/aromatic N) is 1. The monoisotopic (exact) mass is 409 g/mol. The fourth-order valence-electron chi connectivity index (χ4n) is 3.27. The molecule has 0 bridgehead atoms. The first-order valence-electron chi connectivity index (χ1n) is 10.3. The van der Waals surface area contributed by atoms with Crippen molar-refractivity contribution in [3.05, 3.63) is 65.7 Å². The average Bonchev–Trinajstić information content (AvgIpc) is 3.31. The molecule has 1 fully saturated rings. The lowest BCUT2D eigenvalue weighted by atomic mass is 10.1. The molecular formula is C23H27N3O4. The number of likely N-dealkylation sites (tertiary alicyclic amines) is 1. The largest absolute Gasteiger partial charge is 0.445 e. The third-order valence-corrected chi connectivity index (χ3v) is 4.85. The molecule has 0 radical (unpaired) electrons. The number of nitrogens with one attached hydrogen (secondary N) is 2. The molecule has 0 aromatic heterocycles. The highest BCUT2D eigenvalue weighted by Gasteiger charge is 2.19. The van der Waals surface area contributed by atoms with Crippen LogP contribution in [0.4, 0.5) is 10.5 Å². The molecule has 2 aromatic rings. The van der Waals surface area contributed by atoms with Gasteiger partial charge in [-0.3, -0.25) is 9.59 Å². The smallest absolute Gasteiger partial charge is 0.407 e. The van der Waals surface area contributed by atoms with Crippen molar-refractivity contribution < 1.29 is 19.1 Å². The summed E-state index contributed by atoms with van der Waals surface area (Å²) in [7, 11) is 0. The number of hydrogen-bond acceptors (Lipinski definition) is 4. The van der Waals surface area contributed by atoms with E-state index in [0.29, 0.717) is 24.2 Å². The maximum absolute atomic E-state index is 12.5.